The van der Waals surface area contributed by atoms with E-state index in [1.165, 1.54) is 11.1 Å². The fourth-order valence-corrected chi connectivity index (χ4v) is 6.73. The maximum atomic E-state index is 13.7. The van der Waals surface area contributed by atoms with Gasteiger partial charge in [0.1, 0.15) is 6.04 Å². The number of nitrogens with two attached hydrogens (primary N) is 1. The Morgan fingerprint density at radius 2 is 1.72 bits per heavy atom. The molecule has 3 atom stereocenters. The fourth-order valence-electron chi connectivity index (χ4n) is 6.73. The molecule has 0 spiro atoms. The van der Waals surface area contributed by atoms with Crippen molar-refractivity contribution in [1.29, 1.82) is 0 Å². The van der Waals surface area contributed by atoms with E-state index in [1.807, 2.05) is 23.4 Å². The number of carbonyl (C=O) groups excluding carboxylic acids is 3. The van der Waals surface area contributed by atoms with Crippen LogP contribution in [-0.2, 0) is 29.1 Å². The summed E-state index contributed by atoms with van der Waals surface area (Å²) >= 11 is 0. The lowest BCUT2D eigenvalue weighted by Gasteiger charge is -2.37. The Balaban J connectivity index is 1.28. The molecular formula is C30H42N6O3. The van der Waals surface area contributed by atoms with E-state index in [4.69, 9.17) is 10.7 Å². The van der Waals surface area contributed by atoms with Gasteiger partial charge in [0.05, 0.1) is 24.3 Å². The van der Waals surface area contributed by atoms with Crippen molar-refractivity contribution in [3.63, 3.8) is 0 Å². The Kier molecular flexibility index (Phi) is 8.53. The molecule has 1 aromatic carbocycles. The molecule has 4 N–H and O–H groups in total. The van der Waals surface area contributed by atoms with Crippen LogP contribution in [0, 0.1) is 24.7 Å². The quantitative estimate of drug-likeness (QED) is 0.481. The van der Waals surface area contributed by atoms with Gasteiger partial charge in [0.2, 0.25) is 11.8 Å². The van der Waals surface area contributed by atoms with Crippen molar-refractivity contribution in [1.82, 2.24) is 25.1 Å². The number of hydrogen-bond acceptors (Lipinski definition) is 4. The first-order chi connectivity index (χ1) is 18.9. The molecule has 9 heteroatoms. The predicted octanol–water partition coefficient (Wildman–Crippen LogP) is 3.27. The number of benzene rings is 1. The molecule has 0 bridgehead atoms. The number of nitrogens with one attached hydrogen (secondary N) is 2. The summed E-state index contributed by atoms with van der Waals surface area (Å²) in [5.41, 5.74) is 9.64. The molecule has 2 saturated carbocycles. The predicted molar refractivity (Wildman–Crippen MR) is 149 cm³/mol. The number of fused-ring (bicyclic) bond motifs is 1. The van der Waals surface area contributed by atoms with E-state index in [0.717, 1.165) is 62.8 Å². The van der Waals surface area contributed by atoms with E-state index in [1.54, 1.807) is 0 Å². The minimum Gasteiger partial charge on any atom is -0.354 e. The van der Waals surface area contributed by atoms with E-state index >= 15 is 0 Å². The molecular weight excluding hydrogens is 492 g/mol. The number of imidazole rings is 1. The van der Waals surface area contributed by atoms with Crippen molar-refractivity contribution in [2.75, 3.05) is 13.1 Å². The van der Waals surface area contributed by atoms with E-state index in [-0.39, 0.29) is 17.7 Å². The standard InChI is InChI=1S/C30H42N6O3/c1-20-7-2-3-12-24(20)17-35-19-34-25-14-26(36(18-27(25)35)29(38)23-10-4-5-11-23)28(37)32-15-21-8-6-9-22(13-21)16-33-30(31)39/h2-3,7,12,19,21-23,26H,4-6,8-11,13-18H2,1H3,(H,32,37)(H3,31,33,39). The molecule has 4 amide bonds. The van der Waals surface area contributed by atoms with Crippen LogP contribution in [-0.4, -0.2) is 51.4 Å². The number of hydrogen-bond donors (Lipinski definition) is 3. The molecule has 0 radical (unpaired) electrons. The molecule has 39 heavy (non-hydrogen) atoms. The van der Waals surface area contributed by atoms with Crippen molar-refractivity contribution in [2.45, 2.75) is 83.8 Å². The maximum absolute atomic E-state index is 13.7. The van der Waals surface area contributed by atoms with Crippen LogP contribution in [0.5, 0.6) is 0 Å². The van der Waals surface area contributed by atoms with Gasteiger partial charge in [0.15, 0.2) is 0 Å². The molecule has 2 aromatic rings. The van der Waals surface area contributed by atoms with Gasteiger partial charge < -0.3 is 25.8 Å². The van der Waals surface area contributed by atoms with Gasteiger partial charge >= 0.3 is 6.03 Å². The average Bonchev–Trinajstić information content (AvgIpc) is 3.61. The van der Waals surface area contributed by atoms with Crippen LogP contribution in [0.25, 0.3) is 0 Å². The second-order valence-electron chi connectivity index (χ2n) is 11.7. The summed E-state index contributed by atoms with van der Waals surface area (Å²) in [4.78, 5) is 45.0. The topological polar surface area (TPSA) is 122 Å². The number of aryl methyl sites for hydroxylation is 1. The van der Waals surface area contributed by atoms with E-state index < -0.39 is 12.1 Å². The van der Waals surface area contributed by atoms with E-state index in [9.17, 15) is 14.4 Å². The third-order valence-corrected chi connectivity index (χ3v) is 9.03. The van der Waals surface area contributed by atoms with Gasteiger partial charge in [0.25, 0.3) is 0 Å². The highest BCUT2D eigenvalue weighted by Gasteiger charge is 2.40. The fraction of sp³-hybridized carbons (Fsp3) is 0.600. The Morgan fingerprint density at radius 3 is 2.44 bits per heavy atom. The highest BCUT2D eigenvalue weighted by atomic mass is 16.2. The molecule has 5 rings (SSSR count). The molecule has 1 aliphatic heterocycles. The normalized spacial score (nSPS) is 23.3. The zero-order valence-electron chi connectivity index (χ0n) is 23.0. The number of carbonyl (C=O) groups is 3. The minimum absolute atomic E-state index is 0.00597. The van der Waals surface area contributed by atoms with Crippen molar-refractivity contribution in [3.8, 4) is 0 Å². The van der Waals surface area contributed by atoms with Crippen molar-refractivity contribution in [3.05, 3.63) is 53.1 Å². The maximum Gasteiger partial charge on any atom is 0.312 e. The van der Waals surface area contributed by atoms with Crippen LogP contribution in [0.15, 0.2) is 30.6 Å². The first-order valence-corrected chi connectivity index (χ1v) is 14.6. The van der Waals surface area contributed by atoms with Crippen molar-refractivity contribution in [2.24, 2.45) is 23.5 Å². The average molecular weight is 535 g/mol. The Morgan fingerprint density at radius 1 is 1.00 bits per heavy atom. The number of nitrogens with zero attached hydrogens (tertiary/aromatic N) is 3. The molecule has 2 aliphatic carbocycles. The Bertz CT molecular complexity index is 1190. The van der Waals surface area contributed by atoms with Crippen molar-refractivity contribution < 1.29 is 14.4 Å². The van der Waals surface area contributed by atoms with Crippen LogP contribution in [0.2, 0.25) is 0 Å². The third-order valence-electron chi connectivity index (χ3n) is 9.03. The highest BCUT2D eigenvalue weighted by molar-refractivity contribution is 5.89. The number of primary amides is 1. The van der Waals surface area contributed by atoms with Gasteiger partial charge in [-0.3, -0.25) is 9.59 Å². The van der Waals surface area contributed by atoms with Crippen molar-refractivity contribution >= 4 is 17.8 Å². The summed E-state index contributed by atoms with van der Waals surface area (Å²) in [6, 6.07) is 7.29. The molecule has 3 unspecified atom stereocenters. The molecule has 210 valence electrons. The molecule has 2 fully saturated rings. The van der Waals surface area contributed by atoms with Crippen LogP contribution in [0.4, 0.5) is 4.79 Å². The smallest absolute Gasteiger partial charge is 0.312 e. The van der Waals surface area contributed by atoms with Gasteiger partial charge in [0, 0.05) is 32.0 Å². The van der Waals surface area contributed by atoms with Gasteiger partial charge in [-0.15, -0.1) is 0 Å². The molecule has 9 nitrogen and oxygen atoms in total. The zero-order valence-corrected chi connectivity index (χ0v) is 23.0. The number of aromatic nitrogens is 2. The first kappa shape index (κ1) is 27.2. The third kappa shape index (κ3) is 6.45. The highest BCUT2D eigenvalue weighted by Crippen LogP contribution is 2.32. The largest absolute Gasteiger partial charge is 0.354 e. The van der Waals surface area contributed by atoms with Gasteiger partial charge in [-0.2, -0.15) is 0 Å². The summed E-state index contributed by atoms with van der Waals surface area (Å²) in [5.74, 6) is 0.762. The zero-order chi connectivity index (χ0) is 27.4. The summed E-state index contributed by atoms with van der Waals surface area (Å²) in [6.45, 7) is 4.39. The summed E-state index contributed by atoms with van der Waals surface area (Å²) in [5, 5.41) is 5.91. The monoisotopic (exact) mass is 534 g/mol. The van der Waals surface area contributed by atoms with Gasteiger partial charge in [-0.1, -0.05) is 43.5 Å². The second kappa shape index (κ2) is 12.2. The first-order valence-electron chi connectivity index (χ1n) is 14.6. The summed E-state index contributed by atoms with van der Waals surface area (Å²) < 4.78 is 2.14. The number of urea groups is 1. The second-order valence-corrected chi connectivity index (χ2v) is 11.7. The van der Waals surface area contributed by atoms with E-state index in [0.29, 0.717) is 44.4 Å². The number of rotatable bonds is 8. The minimum atomic E-state index is -0.539. The molecule has 0 saturated heterocycles. The van der Waals surface area contributed by atoms with Crippen LogP contribution < -0.4 is 16.4 Å². The van der Waals surface area contributed by atoms with Crippen LogP contribution >= 0.6 is 0 Å². The van der Waals surface area contributed by atoms with Crippen LogP contribution in [0.3, 0.4) is 0 Å². The lowest BCUT2D eigenvalue weighted by atomic mass is 9.81. The van der Waals surface area contributed by atoms with Gasteiger partial charge in [-0.25, -0.2) is 9.78 Å². The lowest BCUT2D eigenvalue weighted by Crippen LogP contribution is -2.54. The van der Waals surface area contributed by atoms with Crippen LogP contribution in [0.1, 0.15) is 73.9 Å². The summed E-state index contributed by atoms with van der Waals surface area (Å²) in [7, 11) is 0. The van der Waals surface area contributed by atoms with Gasteiger partial charge in [-0.05, 0) is 62.0 Å². The molecule has 2 heterocycles. The molecule has 1 aromatic heterocycles. The Hall–Kier alpha value is -3.36. The Labute approximate surface area is 230 Å². The van der Waals surface area contributed by atoms with E-state index in [2.05, 4.69) is 34.3 Å². The lowest BCUT2D eigenvalue weighted by molar-refractivity contribution is -0.145. The SMILES string of the molecule is Cc1ccccc1Cn1cnc2c1CN(C(=O)C1CCCC1)C(C(=O)NCC1CCCC(CNC(N)=O)C1)C2. The summed E-state index contributed by atoms with van der Waals surface area (Å²) in [6.07, 6.45) is 10.4. The number of amides is 4. The molecule has 3 aliphatic rings.